The lowest BCUT2D eigenvalue weighted by Crippen LogP contribution is -2.48. The van der Waals surface area contributed by atoms with Gasteiger partial charge >= 0.3 is 5.97 Å². The van der Waals surface area contributed by atoms with Crippen molar-refractivity contribution in [2.45, 2.75) is 20.4 Å². The van der Waals surface area contributed by atoms with E-state index in [4.69, 9.17) is 10.5 Å². The molecule has 2 heterocycles. The monoisotopic (exact) mass is 444 g/mol. The van der Waals surface area contributed by atoms with Crippen LogP contribution in [0.4, 0.5) is 5.00 Å². The summed E-state index contributed by atoms with van der Waals surface area (Å²) < 4.78 is 4.80. The third-order valence-electron chi connectivity index (χ3n) is 5.37. The number of piperazine rings is 1. The van der Waals surface area contributed by atoms with E-state index in [0.29, 0.717) is 10.6 Å². The van der Waals surface area contributed by atoms with Crippen molar-refractivity contribution in [3.63, 3.8) is 0 Å². The number of nitrogens with one attached hydrogen (secondary N) is 1. The van der Waals surface area contributed by atoms with E-state index in [1.807, 2.05) is 0 Å². The normalized spacial score (nSPS) is 14.9. The van der Waals surface area contributed by atoms with E-state index < -0.39 is 11.9 Å². The van der Waals surface area contributed by atoms with Gasteiger partial charge in [0, 0.05) is 32.7 Å². The first-order valence-corrected chi connectivity index (χ1v) is 10.9. The molecule has 0 unspecified atom stereocenters. The topological polar surface area (TPSA) is 105 Å². The molecule has 0 bridgehead atoms. The Kier molecular flexibility index (Phi) is 7.42. The first-order chi connectivity index (χ1) is 14.8. The van der Waals surface area contributed by atoms with E-state index in [1.165, 1.54) is 18.2 Å². The van der Waals surface area contributed by atoms with Crippen molar-refractivity contribution < 1.29 is 19.1 Å². The molecule has 1 aromatic heterocycles. The summed E-state index contributed by atoms with van der Waals surface area (Å²) in [4.78, 5) is 41.1. The van der Waals surface area contributed by atoms with E-state index in [1.54, 1.807) is 6.92 Å². The van der Waals surface area contributed by atoms with Crippen LogP contribution >= 0.6 is 11.3 Å². The number of rotatable bonds is 7. The minimum Gasteiger partial charge on any atom is -0.465 e. The van der Waals surface area contributed by atoms with Gasteiger partial charge in [-0.1, -0.05) is 29.8 Å². The first kappa shape index (κ1) is 22.9. The van der Waals surface area contributed by atoms with E-state index in [-0.39, 0.29) is 22.9 Å². The number of anilines is 1. The van der Waals surface area contributed by atoms with Gasteiger partial charge in [0.2, 0.25) is 5.91 Å². The minimum atomic E-state index is -0.641. The number of methoxy groups -OCH3 is 1. The van der Waals surface area contributed by atoms with Crippen LogP contribution in [-0.2, 0) is 16.1 Å². The largest absolute Gasteiger partial charge is 0.465 e. The molecule has 9 heteroatoms. The first-order valence-electron chi connectivity index (χ1n) is 10.1. The fourth-order valence-electron chi connectivity index (χ4n) is 3.61. The molecule has 2 aromatic rings. The molecule has 0 aliphatic carbocycles. The van der Waals surface area contributed by atoms with Crippen molar-refractivity contribution >= 4 is 34.1 Å². The van der Waals surface area contributed by atoms with Crippen LogP contribution in [0.5, 0.6) is 0 Å². The zero-order valence-electron chi connectivity index (χ0n) is 18.1. The van der Waals surface area contributed by atoms with Crippen LogP contribution in [0.2, 0.25) is 0 Å². The van der Waals surface area contributed by atoms with Gasteiger partial charge in [0.15, 0.2) is 0 Å². The van der Waals surface area contributed by atoms with Crippen LogP contribution in [-0.4, -0.2) is 67.4 Å². The van der Waals surface area contributed by atoms with Gasteiger partial charge in [-0.25, -0.2) is 4.79 Å². The highest BCUT2D eigenvalue weighted by molar-refractivity contribution is 7.18. The van der Waals surface area contributed by atoms with Gasteiger partial charge in [0.05, 0.1) is 24.1 Å². The Balaban J connectivity index is 1.56. The molecule has 0 atom stereocenters. The second kappa shape index (κ2) is 10.0. The lowest BCUT2D eigenvalue weighted by atomic mass is 10.1. The predicted molar refractivity (Wildman–Crippen MR) is 120 cm³/mol. The molecule has 0 saturated carbocycles. The van der Waals surface area contributed by atoms with Gasteiger partial charge in [-0.05, 0) is 25.0 Å². The summed E-state index contributed by atoms with van der Waals surface area (Å²) in [6, 6.07) is 8.54. The van der Waals surface area contributed by atoms with Crippen molar-refractivity contribution in [1.82, 2.24) is 9.80 Å². The molecule has 0 spiro atoms. The highest BCUT2D eigenvalue weighted by Crippen LogP contribution is 2.33. The Morgan fingerprint density at radius 3 is 2.26 bits per heavy atom. The number of nitrogens with zero attached hydrogens (tertiary/aromatic N) is 2. The number of primary amides is 1. The van der Waals surface area contributed by atoms with Crippen molar-refractivity contribution in [1.29, 1.82) is 0 Å². The smallest absolute Gasteiger partial charge is 0.341 e. The molecule has 0 radical (unpaired) electrons. The number of carbonyl (C=O) groups excluding carboxylic acids is 3. The SMILES string of the molecule is COC(=O)c1c(NC(=O)CN2CCN(Cc3ccc(C)cc3)CC2)sc(C(N)=O)c1C. The molecule has 3 N–H and O–H groups in total. The summed E-state index contributed by atoms with van der Waals surface area (Å²) >= 11 is 0.997. The van der Waals surface area contributed by atoms with Crippen molar-refractivity contribution in [2.24, 2.45) is 5.73 Å². The molecule has 1 aliphatic rings. The second-order valence-corrected chi connectivity index (χ2v) is 8.72. The highest BCUT2D eigenvalue weighted by Gasteiger charge is 2.26. The lowest BCUT2D eigenvalue weighted by Gasteiger charge is -2.34. The molecule has 8 nitrogen and oxygen atoms in total. The average Bonchev–Trinajstić information content (AvgIpc) is 3.06. The summed E-state index contributed by atoms with van der Waals surface area (Å²) in [5.41, 5.74) is 8.52. The molecule has 1 fully saturated rings. The van der Waals surface area contributed by atoms with Gasteiger partial charge in [-0.2, -0.15) is 0 Å². The number of hydrogen-bond acceptors (Lipinski definition) is 7. The van der Waals surface area contributed by atoms with Gasteiger partial charge in [0.1, 0.15) is 5.00 Å². The summed E-state index contributed by atoms with van der Waals surface area (Å²) in [6.07, 6.45) is 0. The van der Waals surface area contributed by atoms with Gasteiger partial charge in [-0.3, -0.25) is 19.4 Å². The van der Waals surface area contributed by atoms with Crippen LogP contribution in [0.3, 0.4) is 0 Å². The third-order valence-corrected chi connectivity index (χ3v) is 6.59. The molecule has 31 heavy (non-hydrogen) atoms. The summed E-state index contributed by atoms with van der Waals surface area (Å²) in [6.45, 7) is 8.10. The molecule has 1 aromatic carbocycles. The minimum absolute atomic E-state index is 0.178. The number of thiophene rings is 1. The second-order valence-electron chi connectivity index (χ2n) is 7.70. The zero-order chi connectivity index (χ0) is 22.5. The van der Waals surface area contributed by atoms with Crippen molar-refractivity contribution in [3.05, 3.63) is 51.4 Å². The predicted octanol–water partition coefficient (Wildman–Crippen LogP) is 2.01. The average molecular weight is 445 g/mol. The van der Waals surface area contributed by atoms with Crippen LogP contribution in [0.15, 0.2) is 24.3 Å². The van der Waals surface area contributed by atoms with Gasteiger partial charge in [-0.15, -0.1) is 11.3 Å². The lowest BCUT2D eigenvalue weighted by molar-refractivity contribution is -0.117. The van der Waals surface area contributed by atoms with Crippen molar-refractivity contribution in [3.8, 4) is 0 Å². The van der Waals surface area contributed by atoms with Gasteiger partial charge < -0.3 is 15.8 Å². The summed E-state index contributed by atoms with van der Waals surface area (Å²) in [5, 5.41) is 3.05. The van der Waals surface area contributed by atoms with E-state index in [2.05, 4.69) is 46.3 Å². The van der Waals surface area contributed by atoms with Crippen molar-refractivity contribution in [2.75, 3.05) is 45.2 Å². The number of benzene rings is 1. The third kappa shape index (κ3) is 5.69. The summed E-state index contributed by atoms with van der Waals surface area (Å²) in [7, 11) is 1.26. The molecule has 3 rings (SSSR count). The maximum absolute atomic E-state index is 12.6. The van der Waals surface area contributed by atoms with E-state index in [0.717, 1.165) is 44.1 Å². The highest BCUT2D eigenvalue weighted by atomic mass is 32.1. The fraction of sp³-hybridized carbons (Fsp3) is 0.409. The van der Waals surface area contributed by atoms with Gasteiger partial charge in [0.25, 0.3) is 5.91 Å². The zero-order valence-corrected chi connectivity index (χ0v) is 18.9. The molecule has 1 aliphatic heterocycles. The van der Waals surface area contributed by atoms with Crippen LogP contribution in [0.1, 0.15) is 36.7 Å². The van der Waals surface area contributed by atoms with Crippen LogP contribution in [0, 0.1) is 13.8 Å². The Morgan fingerprint density at radius 1 is 1.06 bits per heavy atom. The Labute approximate surface area is 186 Å². The maximum atomic E-state index is 12.6. The number of aryl methyl sites for hydroxylation is 1. The van der Waals surface area contributed by atoms with Crippen LogP contribution in [0.25, 0.3) is 0 Å². The molecule has 166 valence electrons. The number of hydrogen-bond donors (Lipinski definition) is 2. The number of esters is 1. The Morgan fingerprint density at radius 2 is 1.68 bits per heavy atom. The number of nitrogens with two attached hydrogens (primary N) is 1. The van der Waals surface area contributed by atoms with E-state index in [9.17, 15) is 14.4 Å². The number of carbonyl (C=O) groups is 3. The maximum Gasteiger partial charge on any atom is 0.341 e. The number of amides is 2. The summed E-state index contributed by atoms with van der Waals surface area (Å²) in [5.74, 6) is -1.49. The molecular formula is C22H28N4O4S. The molecular weight excluding hydrogens is 416 g/mol. The standard InChI is InChI=1S/C22H28N4O4S/c1-14-4-6-16(7-5-14)12-25-8-10-26(11-9-25)13-17(27)24-21-18(22(29)30-3)15(2)19(31-21)20(23)28/h4-7H,8-13H2,1-3H3,(H2,23,28)(H,24,27). The van der Waals surface area contributed by atoms with E-state index >= 15 is 0 Å². The quantitative estimate of drug-likeness (QED) is 0.633. The number of ether oxygens (including phenoxy) is 1. The fourth-order valence-corrected chi connectivity index (χ4v) is 4.67. The Hall–Kier alpha value is -2.75. The molecule has 2 amide bonds. The Bertz CT molecular complexity index is 963. The van der Waals surface area contributed by atoms with Crippen LogP contribution < -0.4 is 11.1 Å². The molecule has 1 saturated heterocycles.